The summed E-state index contributed by atoms with van der Waals surface area (Å²) in [7, 11) is 0. The summed E-state index contributed by atoms with van der Waals surface area (Å²) in [6.45, 7) is -1.29. The maximum absolute atomic E-state index is 11.9. The quantitative estimate of drug-likeness (QED) is 0.807. The average molecular weight is 282 g/mol. The van der Waals surface area contributed by atoms with Gasteiger partial charge in [-0.1, -0.05) is 12.8 Å². The van der Waals surface area contributed by atoms with E-state index in [1.165, 1.54) is 4.90 Å². The Morgan fingerprint density at radius 3 is 2.53 bits per heavy atom. The lowest BCUT2D eigenvalue weighted by atomic mass is 10.1. The number of hydrogen-bond acceptors (Lipinski definition) is 3. The van der Waals surface area contributed by atoms with E-state index in [-0.39, 0.29) is 6.54 Å². The lowest BCUT2D eigenvalue weighted by Crippen LogP contribution is -2.47. The Morgan fingerprint density at radius 1 is 1.26 bits per heavy atom. The summed E-state index contributed by atoms with van der Waals surface area (Å²) in [6.07, 6.45) is -1.68. The number of rotatable bonds is 4. The van der Waals surface area contributed by atoms with Crippen molar-refractivity contribution in [3.63, 3.8) is 0 Å². The van der Waals surface area contributed by atoms with Crippen LogP contribution in [0.5, 0.6) is 0 Å². The molecule has 1 fully saturated rings. The minimum absolute atomic E-state index is 0.312. The number of carboxylic acids is 1. The third-order valence-electron chi connectivity index (χ3n) is 2.98. The number of carbonyl (C=O) groups excluding carboxylic acids is 1. The van der Waals surface area contributed by atoms with Gasteiger partial charge in [-0.15, -0.1) is 0 Å². The molecule has 8 heteroatoms. The van der Waals surface area contributed by atoms with Gasteiger partial charge >= 0.3 is 12.1 Å². The van der Waals surface area contributed by atoms with Crippen LogP contribution in [-0.4, -0.2) is 53.7 Å². The molecule has 5 nitrogen and oxygen atoms in total. The molecular weight excluding hydrogens is 265 g/mol. The van der Waals surface area contributed by atoms with E-state index in [0.717, 1.165) is 19.3 Å². The van der Waals surface area contributed by atoms with Crippen molar-refractivity contribution >= 4 is 11.9 Å². The number of alkyl halides is 3. The first kappa shape index (κ1) is 15.7. The largest absolute Gasteiger partial charge is 0.480 e. The third-order valence-corrected chi connectivity index (χ3v) is 2.98. The predicted octanol–water partition coefficient (Wildman–Crippen LogP) is 0.994. The number of carboxylic acid groups (broad SMARTS) is 1. The summed E-state index contributed by atoms with van der Waals surface area (Å²) in [5.74, 6) is -1.84. The van der Waals surface area contributed by atoms with E-state index in [9.17, 15) is 22.8 Å². The molecule has 1 saturated heterocycles. The SMILES string of the molecule is O=C(CN1CCCCCC1C(=O)O)NCC(F)(F)F. The Labute approximate surface area is 108 Å². The number of nitrogens with zero attached hydrogens (tertiary/aromatic N) is 1. The molecule has 19 heavy (non-hydrogen) atoms. The van der Waals surface area contributed by atoms with E-state index >= 15 is 0 Å². The van der Waals surface area contributed by atoms with Crippen LogP contribution in [0.25, 0.3) is 0 Å². The van der Waals surface area contributed by atoms with Crippen molar-refractivity contribution in [2.24, 2.45) is 0 Å². The zero-order chi connectivity index (χ0) is 14.5. The summed E-state index contributed by atoms with van der Waals surface area (Å²) >= 11 is 0. The van der Waals surface area contributed by atoms with Gasteiger partial charge in [0.2, 0.25) is 5.91 Å². The van der Waals surface area contributed by atoms with Gasteiger partial charge in [-0.3, -0.25) is 14.5 Å². The topological polar surface area (TPSA) is 69.6 Å². The van der Waals surface area contributed by atoms with Gasteiger partial charge in [0.15, 0.2) is 0 Å². The molecule has 1 amide bonds. The van der Waals surface area contributed by atoms with Crippen molar-refractivity contribution < 1.29 is 27.9 Å². The molecule has 0 saturated carbocycles. The normalized spacial score (nSPS) is 21.7. The lowest BCUT2D eigenvalue weighted by Gasteiger charge is -2.25. The third kappa shape index (κ3) is 5.91. The summed E-state index contributed by atoms with van der Waals surface area (Å²) in [5.41, 5.74) is 0. The van der Waals surface area contributed by atoms with Crippen molar-refractivity contribution in [1.29, 1.82) is 0 Å². The number of likely N-dealkylation sites (tertiary alicyclic amines) is 1. The first-order valence-electron chi connectivity index (χ1n) is 6.10. The molecule has 0 radical (unpaired) electrons. The fraction of sp³-hybridized carbons (Fsp3) is 0.818. The van der Waals surface area contributed by atoms with Crippen LogP contribution in [0.15, 0.2) is 0 Å². The second-order valence-electron chi connectivity index (χ2n) is 4.57. The molecule has 0 aromatic rings. The predicted molar refractivity (Wildman–Crippen MR) is 60.5 cm³/mol. The van der Waals surface area contributed by atoms with Crippen LogP contribution in [0.3, 0.4) is 0 Å². The van der Waals surface area contributed by atoms with Crippen LogP contribution in [0.4, 0.5) is 13.2 Å². The van der Waals surface area contributed by atoms with Gasteiger partial charge < -0.3 is 10.4 Å². The molecule has 0 aromatic heterocycles. The molecule has 0 aromatic carbocycles. The summed E-state index contributed by atoms with van der Waals surface area (Å²) in [5, 5.41) is 10.8. The van der Waals surface area contributed by atoms with E-state index in [4.69, 9.17) is 5.11 Å². The Morgan fingerprint density at radius 2 is 1.95 bits per heavy atom. The molecule has 1 aliphatic heterocycles. The van der Waals surface area contributed by atoms with Gasteiger partial charge in [0.05, 0.1) is 6.54 Å². The molecular formula is C11H17F3N2O3. The number of halogens is 3. The van der Waals surface area contributed by atoms with Crippen molar-refractivity contribution in [2.45, 2.75) is 37.9 Å². The molecule has 1 heterocycles. The fourth-order valence-corrected chi connectivity index (χ4v) is 2.08. The van der Waals surface area contributed by atoms with Crippen molar-refractivity contribution in [3.05, 3.63) is 0 Å². The minimum Gasteiger partial charge on any atom is -0.480 e. The highest BCUT2D eigenvalue weighted by Crippen LogP contribution is 2.17. The molecule has 0 aliphatic carbocycles. The highest BCUT2D eigenvalue weighted by atomic mass is 19.4. The standard InChI is InChI=1S/C11H17F3N2O3/c12-11(13,14)7-15-9(17)6-16-5-3-1-2-4-8(16)10(18)19/h8H,1-7H2,(H,15,17)(H,18,19). The average Bonchev–Trinajstić information content (AvgIpc) is 2.51. The van der Waals surface area contributed by atoms with E-state index in [1.807, 2.05) is 0 Å². The van der Waals surface area contributed by atoms with Crippen molar-refractivity contribution in [2.75, 3.05) is 19.6 Å². The monoisotopic (exact) mass is 282 g/mol. The molecule has 0 bridgehead atoms. The van der Waals surface area contributed by atoms with Crippen LogP contribution in [0.1, 0.15) is 25.7 Å². The zero-order valence-corrected chi connectivity index (χ0v) is 10.4. The lowest BCUT2D eigenvalue weighted by molar-refractivity contribution is -0.145. The van der Waals surface area contributed by atoms with Crippen LogP contribution < -0.4 is 5.32 Å². The number of amides is 1. The molecule has 1 atom stereocenters. The van der Waals surface area contributed by atoms with Crippen LogP contribution in [-0.2, 0) is 9.59 Å². The second kappa shape index (κ2) is 6.74. The first-order valence-corrected chi connectivity index (χ1v) is 6.10. The number of nitrogens with one attached hydrogen (secondary N) is 1. The summed E-state index contributed by atoms with van der Waals surface area (Å²) in [6, 6.07) is -0.792. The molecule has 1 unspecified atom stereocenters. The first-order chi connectivity index (χ1) is 8.79. The molecule has 2 N–H and O–H groups in total. The van der Waals surface area contributed by atoms with E-state index in [1.54, 1.807) is 5.32 Å². The van der Waals surface area contributed by atoms with Gasteiger partial charge in [0, 0.05) is 0 Å². The van der Waals surface area contributed by atoms with E-state index in [2.05, 4.69) is 0 Å². The van der Waals surface area contributed by atoms with Crippen molar-refractivity contribution in [3.8, 4) is 0 Å². The molecule has 110 valence electrons. The summed E-state index contributed by atoms with van der Waals surface area (Å²) < 4.78 is 35.8. The van der Waals surface area contributed by atoms with Crippen molar-refractivity contribution in [1.82, 2.24) is 10.2 Å². The van der Waals surface area contributed by atoms with Crippen LogP contribution in [0.2, 0.25) is 0 Å². The van der Waals surface area contributed by atoms with Gasteiger partial charge in [-0.2, -0.15) is 13.2 Å². The highest BCUT2D eigenvalue weighted by molar-refractivity contribution is 5.80. The molecule has 1 aliphatic rings. The Balaban J connectivity index is 2.51. The summed E-state index contributed by atoms with van der Waals surface area (Å²) in [4.78, 5) is 23.9. The van der Waals surface area contributed by atoms with E-state index in [0.29, 0.717) is 13.0 Å². The highest BCUT2D eigenvalue weighted by Gasteiger charge is 2.31. The Bertz CT molecular complexity index is 334. The fourth-order valence-electron chi connectivity index (χ4n) is 2.08. The minimum atomic E-state index is -4.46. The van der Waals surface area contributed by atoms with Crippen LogP contribution in [0, 0.1) is 0 Å². The van der Waals surface area contributed by atoms with Crippen LogP contribution >= 0.6 is 0 Å². The number of hydrogen-bond donors (Lipinski definition) is 2. The van der Waals surface area contributed by atoms with Gasteiger partial charge in [0.25, 0.3) is 0 Å². The zero-order valence-electron chi connectivity index (χ0n) is 10.4. The smallest absolute Gasteiger partial charge is 0.405 e. The maximum Gasteiger partial charge on any atom is 0.405 e. The van der Waals surface area contributed by atoms with Gasteiger partial charge in [-0.05, 0) is 19.4 Å². The maximum atomic E-state index is 11.9. The molecule has 1 rings (SSSR count). The van der Waals surface area contributed by atoms with E-state index < -0.39 is 30.6 Å². The molecule has 0 spiro atoms. The van der Waals surface area contributed by atoms with Gasteiger partial charge in [0.1, 0.15) is 12.6 Å². The Kier molecular flexibility index (Phi) is 5.59. The number of carbonyl (C=O) groups is 2. The second-order valence-corrected chi connectivity index (χ2v) is 4.57. The number of aliphatic carboxylic acids is 1. The van der Waals surface area contributed by atoms with Gasteiger partial charge in [-0.25, -0.2) is 0 Å². The Hall–Kier alpha value is -1.31.